The van der Waals surface area contributed by atoms with Gasteiger partial charge in [-0.05, 0) is 24.6 Å². The lowest BCUT2D eigenvalue weighted by Gasteiger charge is -2.17. The Bertz CT molecular complexity index is 724. The molecule has 0 unspecified atom stereocenters. The van der Waals surface area contributed by atoms with E-state index in [0.717, 1.165) is 17.3 Å². The lowest BCUT2D eigenvalue weighted by molar-refractivity contribution is 0.0601. The number of hydrogen-bond acceptors (Lipinski definition) is 5. The van der Waals surface area contributed by atoms with Crippen molar-refractivity contribution in [1.29, 1.82) is 0 Å². The number of rotatable bonds is 1. The SMILES string of the molecule is COC(=O)c1ccc2c(=O)n3c(nc2c1)SCCC3. The van der Waals surface area contributed by atoms with Crippen molar-refractivity contribution in [3.63, 3.8) is 0 Å². The molecule has 0 N–H and O–H groups in total. The third-order valence-electron chi connectivity index (χ3n) is 3.10. The topological polar surface area (TPSA) is 61.2 Å². The normalized spacial score (nSPS) is 14.2. The molecule has 1 aliphatic heterocycles. The van der Waals surface area contributed by atoms with Gasteiger partial charge in [0.05, 0.1) is 23.6 Å². The average Bonchev–Trinajstić information content (AvgIpc) is 2.46. The van der Waals surface area contributed by atoms with Crippen LogP contribution in [0.5, 0.6) is 0 Å². The Kier molecular flexibility index (Phi) is 3.02. The van der Waals surface area contributed by atoms with Crippen molar-refractivity contribution in [3.8, 4) is 0 Å². The first-order chi connectivity index (χ1) is 9.20. The van der Waals surface area contributed by atoms with Gasteiger partial charge in [-0.2, -0.15) is 0 Å². The zero-order valence-corrected chi connectivity index (χ0v) is 11.2. The van der Waals surface area contributed by atoms with Crippen LogP contribution in [0.1, 0.15) is 16.8 Å². The molecule has 5 nitrogen and oxygen atoms in total. The van der Waals surface area contributed by atoms with E-state index in [4.69, 9.17) is 0 Å². The van der Waals surface area contributed by atoms with Crippen LogP contribution >= 0.6 is 11.8 Å². The Morgan fingerprint density at radius 1 is 1.47 bits per heavy atom. The van der Waals surface area contributed by atoms with Crippen molar-refractivity contribution in [2.24, 2.45) is 0 Å². The summed E-state index contributed by atoms with van der Waals surface area (Å²) in [5.41, 5.74) is 0.921. The quantitative estimate of drug-likeness (QED) is 0.586. The number of methoxy groups -OCH3 is 1. The minimum absolute atomic E-state index is 0.0383. The number of ether oxygens (including phenoxy) is 1. The number of esters is 1. The van der Waals surface area contributed by atoms with E-state index in [2.05, 4.69) is 9.72 Å². The van der Waals surface area contributed by atoms with Gasteiger partial charge in [-0.15, -0.1) is 0 Å². The van der Waals surface area contributed by atoms with E-state index in [0.29, 0.717) is 23.0 Å². The van der Waals surface area contributed by atoms with Crippen molar-refractivity contribution in [2.45, 2.75) is 18.1 Å². The fraction of sp³-hybridized carbons (Fsp3) is 0.308. The monoisotopic (exact) mass is 276 g/mol. The van der Waals surface area contributed by atoms with Crippen molar-refractivity contribution in [2.75, 3.05) is 12.9 Å². The smallest absolute Gasteiger partial charge is 0.337 e. The molecule has 0 spiro atoms. The number of hydrogen-bond donors (Lipinski definition) is 0. The van der Waals surface area contributed by atoms with Gasteiger partial charge in [-0.3, -0.25) is 9.36 Å². The highest BCUT2D eigenvalue weighted by molar-refractivity contribution is 7.99. The molecule has 0 radical (unpaired) electrons. The average molecular weight is 276 g/mol. The van der Waals surface area contributed by atoms with Crippen LogP contribution in [-0.2, 0) is 11.3 Å². The highest BCUT2D eigenvalue weighted by Crippen LogP contribution is 2.23. The van der Waals surface area contributed by atoms with E-state index < -0.39 is 5.97 Å². The van der Waals surface area contributed by atoms with Gasteiger partial charge in [0.15, 0.2) is 5.16 Å². The maximum absolute atomic E-state index is 12.3. The zero-order valence-electron chi connectivity index (χ0n) is 10.4. The van der Waals surface area contributed by atoms with Crippen molar-refractivity contribution in [3.05, 3.63) is 34.1 Å². The van der Waals surface area contributed by atoms with Crippen LogP contribution in [0.3, 0.4) is 0 Å². The maximum atomic E-state index is 12.3. The molecular formula is C13H12N2O3S. The number of fused-ring (bicyclic) bond motifs is 2. The Morgan fingerprint density at radius 3 is 3.11 bits per heavy atom. The number of benzene rings is 1. The molecule has 0 fully saturated rings. The lowest BCUT2D eigenvalue weighted by Crippen LogP contribution is -2.26. The Balaban J connectivity index is 2.24. The zero-order chi connectivity index (χ0) is 13.4. The largest absolute Gasteiger partial charge is 0.465 e. The van der Waals surface area contributed by atoms with Crippen molar-refractivity contribution in [1.82, 2.24) is 9.55 Å². The summed E-state index contributed by atoms with van der Waals surface area (Å²) in [4.78, 5) is 28.3. The van der Waals surface area contributed by atoms with E-state index >= 15 is 0 Å². The van der Waals surface area contributed by atoms with Crippen LogP contribution < -0.4 is 5.56 Å². The molecule has 0 atom stereocenters. The summed E-state index contributed by atoms with van der Waals surface area (Å²) in [7, 11) is 1.33. The van der Waals surface area contributed by atoms with Crippen LogP contribution in [0.15, 0.2) is 28.2 Å². The third-order valence-corrected chi connectivity index (χ3v) is 4.16. The Labute approximate surface area is 113 Å². The molecule has 0 aliphatic carbocycles. The molecule has 0 bridgehead atoms. The van der Waals surface area contributed by atoms with E-state index in [9.17, 15) is 9.59 Å². The first kappa shape index (κ1) is 12.2. The molecule has 1 aromatic heterocycles. The van der Waals surface area contributed by atoms with E-state index in [-0.39, 0.29) is 5.56 Å². The predicted molar refractivity (Wildman–Crippen MR) is 72.7 cm³/mol. The van der Waals surface area contributed by atoms with Crippen LogP contribution in [-0.4, -0.2) is 28.4 Å². The number of aromatic nitrogens is 2. The Hall–Kier alpha value is -1.82. The summed E-state index contributed by atoms with van der Waals surface area (Å²) in [6.45, 7) is 0.711. The van der Waals surface area contributed by atoms with Crippen LogP contribution in [0.2, 0.25) is 0 Å². The van der Waals surface area contributed by atoms with Gasteiger partial charge in [-0.25, -0.2) is 9.78 Å². The summed E-state index contributed by atoms with van der Waals surface area (Å²) in [5.74, 6) is 0.545. The highest BCUT2D eigenvalue weighted by atomic mass is 32.2. The number of carbonyl (C=O) groups is 1. The molecule has 0 saturated heterocycles. The minimum atomic E-state index is -0.422. The second-order valence-corrected chi connectivity index (χ2v) is 5.34. The third kappa shape index (κ3) is 2.02. The second kappa shape index (κ2) is 4.70. The number of thioether (sulfide) groups is 1. The lowest BCUT2D eigenvalue weighted by atomic mass is 10.1. The van der Waals surface area contributed by atoms with E-state index in [1.54, 1.807) is 34.5 Å². The highest BCUT2D eigenvalue weighted by Gasteiger charge is 2.16. The molecule has 3 rings (SSSR count). The molecule has 2 aromatic rings. The molecule has 0 amide bonds. The second-order valence-electron chi connectivity index (χ2n) is 4.28. The van der Waals surface area contributed by atoms with Crippen LogP contribution in [0.25, 0.3) is 10.9 Å². The molecule has 98 valence electrons. The van der Waals surface area contributed by atoms with Gasteiger partial charge in [0.1, 0.15) is 0 Å². The summed E-state index contributed by atoms with van der Waals surface area (Å²) in [6.07, 6.45) is 0.977. The number of nitrogens with zero attached hydrogens (tertiary/aromatic N) is 2. The van der Waals surface area contributed by atoms with Gasteiger partial charge in [-0.1, -0.05) is 11.8 Å². The summed E-state index contributed by atoms with van der Waals surface area (Å²) < 4.78 is 6.38. The Morgan fingerprint density at radius 2 is 2.32 bits per heavy atom. The molecule has 0 saturated carbocycles. The van der Waals surface area contributed by atoms with Gasteiger partial charge < -0.3 is 4.74 Å². The first-order valence-electron chi connectivity index (χ1n) is 5.96. The summed E-state index contributed by atoms with van der Waals surface area (Å²) in [6, 6.07) is 4.85. The molecule has 1 aromatic carbocycles. The van der Waals surface area contributed by atoms with E-state index in [1.807, 2.05) is 0 Å². The van der Waals surface area contributed by atoms with Gasteiger partial charge in [0, 0.05) is 12.3 Å². The molecule has 1 aliphatic rings. The summed E-state index contributed by atoms with van der Waals surface area (Å²) in [5, 5.41) is 1.27. The fourth-order valence-corrected chi connectivity index (χ4v) is 3.09. The standard InChI is InChI=1S/C13H12N2O3S/c1-18-12(17)8-3-4-9-10(7-8)14-13-15(11(9)16)5-2-6-19-13/h3-4,7H,2,5-6H2,1H3. The first-order valence-corrected chi connectivity index (χ1v) is 6.95. The molecule has 6 heteroatoms. The molecular weight excluding hydrogens is 264 g/mol. The van der Waals surface area contributed by atoms with Crippen LogP contribution in [0.4, 0.5) is 0 Å². The van der Waals surface area contributed by atoms with Crippen LogP contribution in [0, 0.1) is 0 Å². The van der Waals surface area contributed by atoms with Crippen molar-refractivity contribution < 1.29 is 9.53 Å². The summed E-state index contributed by atoms with van der Waals surface area (Å²) >= 11 is 1.57. The number of carbonyl (C=O) groups excluding carboxylic acids is 1. The van der Waals surface area contributed by atoms with Crippen molar-refractivity contribution >= 4 is 28.6 Å². The molecule has 19 heavy (non-hydrogen) atoms. The van der Waals surface area contributed by atoms with Gasteiger partial charge in [0.25, 0.3) is 5.56 Å². The fourth-order valence-electron chi connectivity index (χ4n) is 2.14. The maximum Gasteiger partial charge on any atom is 0.337 e. The predicted octanol–water partition coefficient (Wildman–Crippen LogP) is 1.68. The molecule has 2 heterocycles. The van der Waals surface area contributed by atoms with Gasteiger partial charge in [0.2, 0.25) is 0 Å². The minimum Gasteiger partial charge on any atom is -0.465 e. The van der Waals surface area contributed by atoms with Gasteiger partial charge >= 0.3 is 5.97 Å². The van der Waals surface area contributed by atoms with E-state index in [1.165, 1.54) is 7.11 Å².